The lowest BCUT2D eigenvalue weighted by Gasteiger charge is -2.21. The fourth-order valence-corrected chi connectivity index (χ4v) is 1.96. The van der Waals surface area contributed by atoms with E-state index in [1.807, 2.05) is 41.5 Å². The lowest BCUT2D eigenvalue weighted by atomic mass is 9.91. The summed E-state index contributed by atoms with van der Waals surface area (Å²) in [5.41, 5.74) is 4.66. The lowest BCUT2D eigenvalue weighted by molar-refractivity contribution is 0.557. The first-order valence-corrected chi connectivity index (χ1v) is 7.02. The lowest BCUT2D eigenvalue weighted by Crippen LogP contribution is -2.13. The van der Waals surface area contributed by atoms with Gasteiger partial charge in [-0.05, 0) is 33.1 Å². The van der Waals surface area contributed by atoms with E-state index in [1.54, 1.807) is 0 Å². The van der Waals surface area contributed by atoms with Gasteiger partial charge in [0.2, 0.25) is 0 Å². The summed E-state index contributed by atoms with van der Waals surface area (Å²) in [6, 6.07) is 0. The van der Waals surface area contributed by atoms with Gasteiger partial charge in [0, 0.05) is 5.92 Å². The molecule has 17 heavy (non-hydrogen) atoms. The van der Waals surface area contributed by atoms with Crippen LogP contribution >= 0.6 is 0 Å². The van der Waals surface area contributed by atoms with E-state index < -0.39 is 0 Å². The Hall–Kier alpha value is -0.920. The van der Waals surface area contributed by atoms with E-state index in [0.29, 0.717) is 5.92 Å². The van der Waals surface area contributed by atoms with Crippen LogP contribution in [0.5, 0.6) is 0 Å². The van der Waals surface area contributed by atoms with E-state index >= 15 is 0 Å². The average Bonchev–Trinajstić information content (AvgIpc) is 2.37. The minimum Gasteiger partial charge on any atom is -0.254 e. The molecule has 1 aromatic heterocycles. The van der Waals surface area contributed by atoms with Crippen molar-refractivity contribution in [1.29, 1.82) is 0 Å². The maximum atomic E-state index is 4.63. The molecule has 1 atom stereocenters. The number of rotatable bonds is 0. The van der Waals surface area contributed by atoms with Gasteiger partial charge in [0.25, 0.3) is 0 Å². The molecule has 98 valence electrons. The fraction of sp³-hybridized carbons (Fsp3) is 0.733. The predicted molar refractivity (Wildman–Crippen MR) is 75.6 cm³/mol. The molecule has 1 aliphatic carbocycles. The van der Waals surface area contributed by atoms with Crippen LogP contribution < -0.4 is 0 Å². The summed E-state index contributed by atoms with van der Waals surface area (Å²) in [5, 5.41) is 0. The SMILES string of the molecule is CC.CC.Cc1nc2c(nc1C)C(C)CCC2. The summed E-state index contributed by atoms with van der Waals surface area (Å²) in [6.45, 7) is 14.3. The standard InChI is InChI=1S/C11H16N2.2C2H6/c1-7-5-4-6-10-11(7)13-9(3)8(2)12-10;2*1-2/h7H,4-6H2,1-3H3;2*1-2H3. The molecule has 1 aliphatic rings. The molecule has 1 unspecified atom stereocenters. The average molecular weight is 236 g/mol. The molecule has 2 rings (SSSR count). The largest absolute Gasteiger partial charge is 0.254 e. The van der Waals surface area contributed by atoms with Crippen LogP contribution in [0, 0.1) is 13.8 Å². The Morgan fingerprint density at radius 1 is 0.941 bits per heavy atom. The highest BCUT2D eigenvalue weighted by Crippen LogP contribution is 2.28. The summed E-state index contributed by atoms with van der Waals surface area (Å²) in [5.74, 6) is 0.607. The predicted octanol–water partition coefficient (Wildman–Crippen LogP) is 4.59. The van der Waals surface area contributed by atoms with Crippen molar-refractivity contribution in [1.82, 2.24) is 9.97 Å². The van der Waals surface area contributed by atoms with Crippen molar-refractivity contribution in [3.05, 3.63) is 22.8 Å². The number of nitrogens with zero attached hydrogens (tertiary/aromatic N) is 2. The van der Waals surface area contributed by atoms with Crippen molar-refractivity contribution < 1.29 is 0 Å². The first-order valence-electron chi connectivity index (χ1n) is 7.02. The van der Waals surface area contributed by atoms with Crippen LogP contribution in [0.1, 0.15) is 76.2 Å². The first kappa shape index (κ1) is 16.1. The Kier molecular flexibility index (Phi) is 7.77. The van der Waals surface area contributed by atoms with Crippen LogP contribution in [0.2, 0.25) is 0 Å². The van der Waals surface area contributed by atoms with Gasteiger partial charge in [0.1, 0.15) is 0 Å². The van der Waals surface area contributed by atoms with Crippen molar-refractivity contribution in [2.75, 3.05) is 0 Å². The number of hydrogen-bond acceptors (Lipinski definition) is 2. The van der Waals surface area contributed by atoms with Crippen molar-refractivity contribution in [2.45, 2.75) is 73.6 Å². The second-order valence-corrected chi connectivity index (χ2v) is 4.02. The third-order valence-corrected chi connectivity index (χ3v) is 2.93. The minimum absolute atomic E-state index is 0.607. The Labute approximate surface area is 107 Å². The van der Waals surface area contributed by atoms with Gasteiger partial charge in [-0.15, -0.1) is 0 Å². The Morgan fingerprint density at radius 3 is 2.06 bits per heavy atom. The molecular formula is C15H28N2. The summed E-state index contributed by atoms with van der Waals surface area (Å²) in [7, 11) is 0. The molecule has 0 saturated heterocycles. The molecule has 0 spiro atoms. The van der Waals surface area contributed by atoms with Crippen LogP contribution in [-0.4, -0.2) is 9.97 Å². The second-order valence-electron chi connectivity index (χ2n) is 4.02. The second kappa shape index (κ2) is 8.21. The van der Waals surface area contributed by atoms with Crippen molar-refractivity contribution in [3.63, 3.8) is 0 Å². The highest BCUT2D eigenvalue weighted by molar-refractivity contribution is 5.23. The Balaban J connectivity index is 0.000000581. The van der Waals surface area contributed by atoms with Gasteiger partial charge in [-0.25, -0.2) is 0 Å². The van der Waals surface area contributed by atoms with Gasteiger partial charge >= 0.3 is 0 Å². The van der Waals surface area contributed by atoms with Gasteiger partial charge in [0.05, 0.1) is 22.8 Å². The van der Waals surface area contributed by atoms with Crippen LogP contribution in [-0.2, 0) is 6.42 Å². The van der Waals surface area contributed by atoms with E-state index in [1.165, 1.54) is 24.2 Å². The molecule has 1 aromatic rings. The van der Waals surface area contributed by atoms with Gasteiger partial charge in [-0.2, -0.15) is 0 Å². The minimum atomic E-state index is 0.607. The molecule has 0 N–H and O–H groups in total. The summed E-state index contributed by atoms with van der Waals surface area (Å²) >= 11 is 0. The molecule has 0 aromatic carbocycles. The first-order chi connectivity index (χ1) is 8.18. The molecule has 2 heteroatoms. The van der Waals surface area contributed by atoms with E-state index in [0.717, 1.165) is 17.8 Å². The third kappa shape index (κ3) is 4.10. The molecule has 2 nitrogen and oxygen atoms in total. The highest BCUT2D eigenvalue weighted by atomic mass is 14.8. The smallest absolute Gasteiger partial charge is 0.0650 e. The molecule has 0 radical (unpaired) electrons. The molecular weight excluding hydrogens is 208 g/mol. The zero-order valence-corrected chi connectivity index (χ0v) is 12.6. The van der Waals surface area contributed by atoms with Gasteiger partial charge in [-0.3, -0.25) is 9.97 Å². The maximum absolute atomic E-state index is 4.63. The normalized spacial score (nSPS) is 17.0. The zero-order valence-electron chi connectivity index (χ0n) is 12.6. The van der Waals surface area contributed by atoms with E-state index in [-0.39, 0.29) is 0 Å². The van der Waals surface area contributed by atoms with Crippen LogP contribution in [0.3, 0.4) is 0 Å². The maximum Gasteiger partial charge on any atom is 0.0650 e. The summed E-state index contributed by atoms with van der Waals surface area (Å²) in [6.07, 6.45) is 3.66. The molecule has 1 heterocycles. The molecule has 0 amide bonds. The monoisotopic (exact) mass is 236 g/mol. The van der Waals surface area contributed by atoms with E-state index in [2.05, 4.69) is 16.9 Å². The summed E-state index contributed by atoms with van der Waals surface area (Å²) in [4.78, 5) is 9.23. The van der Waals surface area contributed by atoms with Crippen molar-refractivity contribution in [3.8, 4) is 0 Å². The van der Waals surface area contributed by atoms with Crippen molar-refractivity contribution >= 4 is 0 Å². The number of aryl methyl sites for hydroxylation is 3. The van der Waals surface area contributed by atoms with Gasteiger partial charge < -0.3 is 0 Å². The molecule has 0 aliphatic heterocycles. The third-order valence-electron chi connectivity index (χ3n) is 2.93. The van der Waals surface area contributed by atoms with E-state index in [4.69, 9.17) is 0 Å². The van der Waals surface area contributed by atoms with Gasteiger partial charge in [0.15, 0.2) is 0 Å². The number of hydrogen-bond donors (Lipinski definition) is 0. The Morgan fingerprint density at radius 2 is 1.47 bits per heavy atom. The molecule has 0 saturated carbocycles. The topological polar surface area (TPSA) is 25.8 Å². The van der Waals surface area contributed by atoms with Gasteiger partial charge in [-0.1, -0.05) is 34.6 Å². The van der Waals surface area contributed by atoms with Crippen LogP contribution in [0.25, 0.3) is 0 Å². The quantitative estimate of drug-likeness (QED) is 0.658. The molecule has 0 bridgehead atoms. The van der Waals surface area contributed by atoms with E-state index in [9.17, 15) is 0 Å². The Bertz CT molecular complexity index is 332. The van der Waals surface area contributed by atoms with Crippen LogP contribution in [0.4, 0.5) is 0 Å². The van der Waals surface area contributed by atoms with Crippen LogP contribution in [0.15, 0.2) is 0 Å². The number of aromatic nitrogens is 2. The van der Waals surface area contributed by atoms with Crippen molar-refractivity contribution in [2.24, 2.45) is 0 Å². The highest BCUT2D eigenvalue weighted by Gasteiger charge is 2.19. The fourth-order valence-electron chi connectivity index (χ4n) is 1.96. The number of fused-ring (bicyclic) bond motifs is 1. The summed E-state index contributed by atoms with van der Waals surface area (Å²) < 4.78 is 0. The zero-order chi connectivity index (χ0) is 13.4. The molecule has 0 fully saturated rings.